The van der Waals surface area contributed by atoms with Crippen LogP contribution in [0.3, 0.4) is 0 Å². The minimum atomic E-state index is -0.222. The van der Waals surface area contributed by atoms with Crippen LogP contribution in [-0.2, 0) is 0 Å². The normalized spacial score (nSPS) is 10.2. The van der Waals surface area contributed by atoms with E-state index in [1.165, 1.54) is 0 Å². The van der Waals surface area contributed by atoms with Gasteiger partial charge < -0.3 is 15.8 Å². The van der Waals surface area contributed by atoms with Gasteiger partial charge in [-0.05, 0) is 65.7 Å². The quantitative estimate of drug-likeness (QED) is 0.821. The summed E-state index contributed by atoms with van der Waals surface area (Å²) in [6.45, 7) is 4.40. The van der Waals surface area contributed by atoms with E-state index < -0.39 is 0 Å². The number of benzene rings is 2. The molecule has 0 aliphatic rings. The molecule has 5 heteroatoms. The van der Waals surface area contributed by atoms with E-state index in [0.717, 1.165) is 10.0 Å². The van der Waals surface area contributed by atoms with Gasteiger partial charge in [-0.1, -0.05) is 6.07 Å². The molecule has 0 fully saturated rings. The Bertz CT molecular complexity index is 671. The Morgan fingerprint density at radius 3 is 2.71 bits per heavy atom. The van der Waals surface area contributed by atoms with Crippen LogP contribution in [0.5, 0.6) is 5.75 Å². The van der Waals surface area contributed by atoms with Crippen LogP contribution in [0.2, 0.25) is 0 Å². The van der Waals surface area contributed by atoms with Crippen LogP contribution in [0.25, 0.3) is 0 Å². The predicted octanol–water partition coefficient (Wildman–Crippen LogP) is 3.99. The summed E-state index contributed by atoms with van der Waals surface area (Å²) in [4.78, 5) is 12.3. The lowest BCUT2D eigenvalue weighted by Gasteiger charge is -2.12. The van der Waals surface area contributed by atoms with Gasteiger partial charge >= 0.3 is 0 Å². The van der Waals surface area contributed by atoms with E-state index in [2.05, 4.69) is 21.2 Å². The van der Waals surface area contributed by atoms with Crippen molar-refractivity contribution in [1.82, 2.24) is 0 Å². The highest BCUT2D eigenvalue weighted by atomic mass is 79.9. The lowest BCUT2D eigenvalue weighted by Crippen LogP contribution is -2.13. The zero-order valence-electron chi connectivity index (χ0n) is 11.9. The zero-order valence-corrected chi connectivity index (χ0v) is 13.5. The standard InChI is InChI=1S/C16H17BrN2O2/c1-3-21-15-7-4-10(2)8-14(15)19-16(20)11-5-6-12(17)13(18)9-11/h4-9H,3,18H2,1-2H3,(H,19,20). The third kappa shape index (κ3) is 3.76. The molecule has 0 saturated heterocycles. The van der Waals surface area contributed by atoms with Crippen molar-refractivity contribution >= 4 is 33.2 Å². The minimum absolute atomic E-state index is 0.222. The van der Waals surface area contributed by atoms with Crippen molar-refractivity contribution in [3.05, 3.63) is 52.0 Å². The zero-order chi connectivity index (χ0) is 15.4. The fourth-order valence-electron chi connectivity index (χ4n) is 1.90. The van der Waals surface area contributed by atoms with E-state index in [9.17, 15) is 4.79 Å². The highest BCUT2D eigenvalue weighted by molar-refractivity contribution is 9.10. The van der Waals surface area contributed by atoms with Crippen molar-refractivity contribution in [3.63, 3.8) is 0 Å². The number of halogens is 1. The molecule has 2 aromatic rings. The van der Waals surface area contributed by atoms with Gasteiger partial charge in [0.25, 0.3) is 5.91 Å². The van der Waals surface area contributed by atoms with Crippen LogP contribution in [0.15, 0.2) is 40.9 Å². The number of amides is 1. The molecule has 21 heavy (non-hydrogen) atoms. The van der Waals surface area contributed by atoms with Gasteiger partial charge in [-0.2, -0.15) is 0 Å². The van der Waals surface area contributed by atoms with Crippen LogP contribution in [0.4, 0.5) is 11.4 Å². The highest BCUT2D eigenvalue weighted by Gasteiger charge is 2.11. The van der Waals surface area contributed by atoms with E-state index >= 15 is 0 Å². The molecule has 0 heterocycles. The molecule has 0 spiro atoms. The number of carbonyl (C=O) groups excluding carboxylic acids is 1. The third-order valence-electron chi connectivity index (χ3n) is 2.94. The summed E-state index contributed by atoms with van der Waals surface area (Å²) in [5.74, 6) is 0.433. The molecule has 0 aliphatic carbocycles. The number of nitrogens with two attached hydrogens (primary N) is 1. The fourth-order valence-corrected chi connectivity index (χ4v) is 2.15. The SMILES string of the molecule is CCOc1ccc(C)cc1NC(=O)c1ccc(Br)c(N)c1. The number of rotatable bonds is 4. The number of nitrogen functional groups attached to an aromatic ring is 1. The Balaban J connectivity index is 2.26. The van der Waals surface area contributed by atoms with E-state index in [0.29, 0.717) is 29.3 Å². The third-order valence-corrected chi connectivity index (χ3v) is 3.66. The van der Waals surface area contributed by atoms with Crippen molar-refractivity contribution in [3.8, 4) is 5.75 Å². The molecule has 0 radical (unpaired) electrons. The summed E-state index contributed by atoms with van der Waals surface area (Å²) in [6.07, 6.45) is 0. The second kappa shape index (κ2) is 6.63. The topological polar surface area (TPSA) is 64.3 Å². The van der Waals surface area contributed by atoms with E-state index in [4.69, 9.17) is 10.5 Å². The maximum atomic E-state index is 12.3. The molecular formula is C16H17BrN2O2. The van der Waals surface area contributed by atoms with Crippen LogP contribution >= 0.6 is 15.9 Å². The molecule has 1 amide bonds. The molecule has 0 unspecified atom stereocenters. The second-order valence-electron chi connectivity index (χ2n) is 4.62. The lowest BCUT2D eigenvalue weighted by atomic mass is 10.1. The second-order valence-corrected chi connectivity index (χ2v) is 5.48. The summed E-state index contributed by atoms with van der Waals surface area (Å²) >= 11 is 3.31. The molecule has 2 aromatic carbocycles. The van der Waals surface area contributed by atoms with Crippen molar-refractivity contribution < 1.29 is 9.53 Å². The van der Waals surface area contributed by atoms with Crippen molar-refractivity contribution in [1.29, 1.82) is 0 Å². The fraction of sp³-hybridized carbons (Fsp3) is 0.188. The van der Waals surface area contributed by atoms with Gasteiger partial charge in [0, 0.05) is 15.7 Å². The van der Waals surface area contributed by atoms with E-state index in [1.54, 1.807) is 18.2 Å². The summed E-state index contributed by atoms with van der Waals surface area (Å²) < 4.78 is 6.29. The Labute approximate surface area is 132 Å². The van der Waals surface area contributed by atoms with Gasteiger partial charge in [0.2, 0.25) is 0 Å². The first kappa shape index (κ1) is 15.4. The van der Waals surface area contributed by atoms with Gasteiger partial charge in [0.15, 0.2) is 0 Å². The molecule has 3 N–H and O–H groups in total. The van der Waals surface area contributed by atoms with Crippen LogP contribution in [0, 0.1) is 6.92 Å². The number of anilines is 2. The number of hydrogen-bond acceptors (Lipinski definition) is 3. The summed E-state index contributed by atoms with van der Waals surface area (Å²) in [6, 6.07) is 10.8. The Morgan fingerprint density at radius 2 is 2.05 bits per heavy atom. The Kier molecular flexibility index (Phi) is 4.85. The first-order valence-corrected chi connectivity index (χ1v) is 7.40. The average molecular weight is 349 g/mol. The average Bonchev–Trinajstić information content (AvgIpc) is 2.45. The first-order chi connectivity index (χ1) is 10.0. The number of ether oxygens (including phenoxy) is 1. The van der Waals surface area contributed by atoms with E-state index in [-0.39, 0.29) is 5.91 Å². The number of aryl methyl sites for hydroxylation is 1. The summed E-state index contributed by atoms with van der Waals surface area (Å²) in [5, 5.41) is 2.86. The van der Waals surface area contributed by atoms with Gasteiger partial charge in [0.1, 0.15) is 5.75 Å². The number of hydrogen-bond donors (Lipinski definition) is 2. The maximum Gasteiger partial charge on any atom is 0.255 e. The van der Waals surface area contributed by atoms with Crippen molar-refractivity contribution in [2.45, 2.75) is 13.8 Å². The molecular weight excluding hydrogens is 332 g/mol. The summed E-state index contributed by atoms with van der Waals surface area (Å²) in [7, 11) is 0. The lowest BCUT2D eigenvalue weighted by molar-refractivity contribution is 0.102. The molecule has 0 aliphatic heterocycles. The van der Waals surface area contributed by atoms with Gasteiger partial charge in [0.05, 0.1) is 12.3 Å². The molecule has 0 aromatic heterocycles. The van der Waals surface area contributed by atoms with Gasteiger partial charge in [-0.15, -0.1) is 0 Å². The monoisotopic (exact) mass is 348 g/mol. The number of carbonyl (C=O) groups is 1. The molecule has 0 saturated carbocycles. The van der Waals surface area contributed by atoms with Gasteiger partial charge in [-0.3, -0.25) is 4.79 Å². The van der Waals surface area contributed by atoms with Crippen molar-refractivity contribution in [2.75, 3.05) is 17.7 Å². The van der Waals surface area contributed by atoms with Gasteiger partial charge in [-0.25, -0.2) is 0 Å². The summed E-state index contributed by atoms with van der Waals surface area (Å²) in [5.41, 5.74) is 8.53. The van der Waals surface area contributed by atoms with E-state index in [1.807, 2.05) is 32.0 Å². The number of nitrogens with one attached hydrogen (secondary N) is 1. The predicted molar refractivity (Wildman–Crippen MR) is 88.9 cm³/mol. The van der Waals surface area contributed by atoms with Crippen molar-refractivity contribution in [2.24, 2.45) is 0 Å². The maximum absolute atomic E-state index is 12.3. The first-order valence-electron chi connectivity index (χ1n) is 6.61. The Hall–Kier alpha value is -2.01. The molecule has 0 atom stereocenters. The Morgan fingerprint density at radius 1 is 1.29 bits per heavy atom. The molecule has 0 bridgehead atoms. The minimum Gasteiger partial charge on any atom is -0.492 e. The molecule has 2 rings (SSSR count). The smallest absolute Gasteiger partial charge is 0.255 e. The largest absolute Gasteiger partial charge is 0.492 e. The highest BCUT2D eigenvalue weighted by Crippen LogP contribution is 2.27. The van der Waals surface area contributed by atoms with Crippen LogP contribution in [0.1, 0.15) is 22.8 Å². The molecule has 4 nitrogen and oxygen atoms in total. The van der Waals surface area contributed by atoms with Crippen LogP contribution in [-0.4, -0.2) is 12.5 Å². The van der Waals surface area contributed by atoms with Crippen LogP contribution < -0.4 is 15.8 Å². The molecule has 110 valence electrons.